The first kappa shape index (κ1) is 16.4. The maximum Gasteiger partial charge on any atom is -0.0349 e. The minimum atomic E-state index is 0. The van der Waals surface area contributed by atoms with E-state index in [0.29, 0.717) is 0 Å². The Morgan fingerprint density at radius 3 is 1.10 bits per heavy atom. The Balaban J connectivity index is -0.000000245. The second-order valence-corrected chi connectivity index (χ2v) is 2.27. The summed E-state index contributed by atoms with van der Waals surface area (Å²) in [5, 5.41) is 0. The lowest BCUT2D eigenvalue weighted by molar-refractivity contribution is 0.985. The van der Waals surface area contributed by atoms with Gasteiger partial charge >= 0.3 is 0 Å². The second kappa shape index (κ2) is 8.74. The molecule has 0 saturated carbocycles. The van der Waals surface area contributed by atoms with Gasteiger partial charge in [-0.25, -0.2) is 0 Å². The summed E-state index contributed by atoms with van der Waals surface area (Å²) in [6.45, 7) is 8.82. The van der Waals surface area contributed by atoms with Crippen LogP contribution in [0.5, 0.6) is 0 Å². The molecule has 0 aliphatic rings. The van der Waals surface area contributed by atoms with Gasteiger partial charge in [0.2, 0.25) is 0 Å². The van der Waals surface area contributed by atoms with Crippen LogP contribution in [-0.4, -0.2) is 0 Å². The van der Waals surface area contributed by atoms with Gasteiger partial charge in [0.05, 0.1) is 0 Å². The van der Waals surface area contributed by atoms with E-state index in [4.69, 9.17) is 0 Å². The number of allylic oxidation sites excluding steroid dienone is 2. The van der Waals surface area contributed by atoms with Crippen LogP contribution in [-0.2, 0) is 0 Å². The zero-order chi connectivity index (χ0) is 6.57. The van der Waals surface area contributed by atoms with E-state index in [1.807, 2.05) is 0 Å². The van der Waals surface area contributed by atoms with Crippen LogP contribution in [0.15, 0.2) is 11.1 Å². The molecule has 0 heterocycles. The van der Waals surface area contributed by atoms with Crippen LogP contribution in [0.2, 0.25) is 0 Å². The first-order chi connectivity index (χ1) is 3.72. The summed E-state index contributed by atoms with van der Waals surface area (Å²) in [7, 11) is 0. The van der Waals surface area contributed by atoms with Crippen molar-refractivity contribution >= 4 is 0 Å². The van der Waals surface area contributed by atoms with Gasteiger partial charge in [-0.3, -0.25) is 0 Å². The average Bonchev–Trinajstić information content (AvgIpc) is 1.84. The summed E-state index contributed by atoms with van der Waals surface area (Å²) in [6.07, 6.45) is 2.42. The Morgan fingerprint density at radius 2 is 1.00 bits per heavy atom. The molecular weight excluding hydrogens is 120 g/mol. The van der Waals surface area contributed by atoms with Gasteiger partial charge < -0.3 is 0 Å². The highest BCUT2D eigenvalue weighted by molar-refractivity contribution is 5.07. The molecule has 0 rings (SSSR count). The largest absolute Gasteiger partial charge is 0.0776 e. The first-order valence-corrected chi connectivity index (χ1v) is 3.37. The van der Waals surface area contributed by atoms with E-state index in [0.717, 1.165) is 0 Å². The highest BCUT2D eigenvalue weighted by atomic mass is 13.9. The zero-order valence-corrected chi connectivity index (χ0v) is 6.41. The third-order valence-electron chi connectivity index (χ3n) is 1.79. The second-order valence-electron chi connectivity index (χ2n) is 2.27. The van der Waals surface area contributed by atoms with Gasteiger partial charge in [0.25, 0.3) is 0 Å². The molecule has 0 fully saturated rings. The van der Waals surface area contributed by atoms with Crippen molar-refractivity contribution in [3.63, 3.8) is 0 Å². The molecule has 0 amide bonds. The van der Waals surface area contributed by atoms with Crippen LogP contribution < -0.4 is 0 Å². The van der Waals surface area contributed by atoms with E-state index in [-0.39, 0.29) is 14.9 Å². The molecule has 0 aromatic heterocycles. The lowest BCUT2D eigenvalue weighted by Gasteiger charge is -1.99. The molecule has 0 atom stereocenters. The van der Waals surface area contributed by atoms with Gasteiger partial charge in [-0.1, -0.05) is 39.8 Å². The molecule has 0 aliphatic heterocycles. The zero-order valence-electron chi connectivity index (χ0n) is 6.41. The molecule has 0 heteroatoms. The van der Waals surface area contributed by atoms with Crippen LogP contribution in [0, 0.1) is 0 Å². The lowest BCUT2D eigenvalue weighted by Crippen LogP contribution is -1.78. The van der Waals surface area contributed by atoms with Gasteiger partial charge in [-0.05, 0) is 26.7 Å². The maximum atomic E-state index is 2.21. The summed E-state index contributed by atoms with van der Waals surface area (Å²) in [6, 6.07) is 0. The van der Waals surface area contributed by atoms with Gasteiger partial charge in [0.1, 0.15) is 0 Å². The fourth-order valence-electron chi connectivity index (χ4n) is 0.604. The maximum absolute atomic E-state index is 2.21. The Labute approximate surface area is 67.3 Å². The van der Waals surface area contributed by atoms with Crippen molar-refractivity contribution in [3.8, 4) is 0 Å². The minimum Gasteiger partial charge on any atom is -0.0776 e. The molecule has 0 aromatic carbocycles. The van der Waals surface area contributed by atoms with Crippen LogP contribution in [0.3, 0.4) is 0 Å². The predicted molar refractivity (Wildman–Crippen MR) is 52.4 cm³/mol. The summed E-state index contributed by atoms with van der Waals surface area (Å²) < 4.78 is 0. The summed E-state index contributed by atoms with van der Waals surface area (Å²) >= 11 is 0. The summed E-state index contributed by atoms with van der Waals surface area (Å²) in [4.78, 5) is 0. The van der Waals surface area contributed by atoms with Crippen molar-refractivity contribution < 1.29 is 0 Å². The van der Waals surface area contributed by atoms with Gasteiger partial charge in [-0.2, -0.15) is 0 Å². The molecule has 0 aromatic rings. The standard InChI is InChI=1S/C8H16.2CH4/c1-5-7(3)8(4)6-2;;/h5-6H2,1-4H3;2*1H4/b8-7-;;. The molecule has 0 nitrogen and oxygen atoms in total. The third-order valence-corrected chi connectivity index (χ3v) is 1.79. The van der Waals surface area contributed by atoms with E-state index in [1.54, 1.807) is 11.1 Å². The van der Waals surface area contributed by atoms with E-state index in [1.165, 1.54) is 12.8 Å². The van der Waals surface area contributed by atoms with Crippen molar-refractivity contribution in [1.82, 2.24) is 0 Å². The molecule has 0 radical (unpaired) electrons. The molecule has 0 bridgehead atoms. The normalized spacial score (nSPS) is 10.8. The fourth-order valence-corrected chi connectivity index (χ4v) is 0.604. The van der Waals surface area contributed by atoms with Crippen LogP contribution in [0.4, 0.5) is 0 Å². The van der Waals surface area contributed by atoms with Crippen LogP contribution in [0.1, 0.15) is 55.4 Å². The Hall–Kier alpha value is -0.260. The first-order valence-electron chi connectivity index (χ1n) is 3.37. The predicted octanol–water partition coefficient (Wildman–Crippen LogP) is 4.42. The van der Waals surface area contributed by atoms with E-state index in [2.05, 4.69) is 27.7 Å². The highest BCUT2D eigenvalue weighted by Gasteiger charge is 1.88. The van der Waals surface area contributed by atoms with E-state index >= 15 is 0 Å². The van der Waals surface area contributed by atoms with Crippen molar-refractivity contribution in [2.75, 3.05) is 0 Å². The smallest absolute Gasteiger partial charge is 0.0349 e. The molecule has 0 aliphatic carbocycles. The fraction of sp³-hybridized carbons (Fsp3) is 0.800. The van der Waals surface area contributed by atoms with E-state index < -0.39 is 0 Å². The van der Waals surface area contributed by atoms with Crippen molar-refractivity contribution in [2.24, 2.45) is 0 Å². The van der Waals surface area contributed by atoms with Crippen molar-refractivity contribution in [1.29, 1.82) is 0 Å². The van der Waals surface area contributed by atoms with E-state index in [9.17, 15) is 0 Å². The van der Waals surface area contributed by atoms with Crippen LogP contribution >= 0.6 is 0 Å². The number of hydrogen-bond donors (Lipinski definition) is 0. The monoisotopic (exact) mass is 144 g/mol. The molecular formula is C10H24. The number of hydrogen-bond acceptors (Lipinski definition) is 0. The van der Waals surface area contributed by atoms with Gasteiger partial charge in [0.15, 0.2) is 0 Å². The Bertz CT molecular complexity index is 76.2. The molecule has 10 heavy (non-hydrogen) atoms. The summed E-state index contributed by atoms with van der Waals surface area (Å²) in [5.41, 5.74) is 3.10. The molecule has 0 unspecified atom stereocenters. The minimum absolute atomic E-state index is 0. The molecule has 0 spiro atoms. The van der Waals surface area contributed by atoms with Gasteiger partial charge in [0, 0.05) is 0 Å². The molecule has 0 N–H and O–H groups in total. The third kappa shape index (κ3) is 5.87. The van der Waals surface area contributed by atoms with Gasteiger partial charge in [-0.15, -0.1) is 0 Å². The topological polar surface area (TPSA) is 0 Å². The SMILES string of the molecule is C.C.CC/C(C)=C(/C)CC. The summed E-state index contributed by atoms with van der Waals surface area (Å²) in [5.74, 6) is 0. The van der Waals surface area contributed by atoms with Crippen molar-refractivity contribution in [3.05, 3.63) is 11.1 Å². The quantitative estimate of drug-likeness (QED) is 0.503. The molecule has 64 valence electrons. The number of rotatable bonds is 2. The Kier molecular flexibility index (Phi) is 14.3. The van der Waals surface area contributed by atoms with Crippen LogP contribution in [0.25, 0.3) is 0 Å². The molecule has 0 saturated heterocycles. The average molecular weight is 144 g/mol. The Morgan fingerprint density at radius 1 is 0.800 bits per heavy atom. The highest BCUT2D eigenvalue weighted by Crippen LogP contribution is 2.09. The van der Waals surface area contributed by atoms with Crippen molar-refractivity contribution in [2.45, 2.75) is 55.4 Å². The lowest BCUT2D eigenvalue weighted by atomic mass is 10.1.